The molecule has 4 N–H and O–H groups in total. The summed E-state index contributed by atoms with van der Waals surface area (Å²) in [7, 11) is 1.40. The molecule has 0 radical (unpaired) electrons. The monoisotopic (exact) mass is 411 g/mol. The zero-order valence-electron chi connectivity index (χ0n) is 15.0. The lowest BCUT2D eigenvalue weighted by molar-refractivity contribution is 0.0997. The fourth-order valence-corrected chi connectivity index (χ4v) is 3.19. The van der Waals surface area contributed by atoms with Crippen LogP contribution in [0.1, 0.15) is 10.5 Å². The average molecular weight is 412 g/mol. The number of rotatable bonds is 4. The van der Waals surface area contributed by atoms with Crippen molar-refractivity contribution >= 4 is 28.7 Å². The molecule has 0 bridgehead atoms. The lowest BCUT2D eigenvalue weighted by Gasteiger charge is -2.10. The van der Waals surface area contributed by atoms with Crippen molar-refractivity contribution in [1.82, 2.24) is 19.5 Å². The summed E-state index contributed by atoms with van der Waals surface area (Å²) in [4.78, 5) is 35.8. The highest BCUT2D eigenvalue weighted by atomic mass is 35.5. The number of carbonyl (C=O) groups is 1. The molecule has 4 aromatic rings. The highest BCUT2D eigenvalue weighted by Gasteiger charge is 2.22. The molecule has 1 amide bonds. The van der Waals surface area contributed by atoms with Gasteiger partial charge in [-0.2, -0.15) is 0 Å². The summed E-state index contributed by atoms with van der Waals surface area (Å²) in [5.41, 5.74) is 5.56. The number of aromatic amines is 1. The summed E-state index contributed by atoms with van der Waals surface area (Å²) in [5.74, 6) is -0.872. The number of nitrogens with zero attached hydrogens (tertiary/aromatic N) is 3. The molecule has 0 saturated heterocycles. The molecule has 4 rings (SSSR count). The standard InChI is InChI=1S/C19H14ClN5O4/c1-29-12-7-3-6-11(15(12)26)17-22-13(16(21)27)14-18(24-17)25(19(28)23-14)10-5-2-4-9(20)8-10/h2-8,26H,1H3,(H2,21,27)(H,23,28). The van der Waals surface area contributed by atoms with Crippen LogP contribution in [0, 0.1) is 0 Å². The molecule has 0 saturated carbocycles. The molecule has 10 heteroatoms. The van der Waals surface area contributed by atoms with Gasteiger partial charge in [0.15, 0.2) is 28.7 Å². The number of phenols is 1. The van der Waals surface area contributed by atoms with E-state index in [9.17, 15) is 14.7 Å². The number of halogens is 1. The summed E-state index contributed by atoms with van der Waals surface area (Å²) in [6.45, 7) is 0. The summed E-state index contributed by atoms with van der Waals surface area (Å²) >= 11 is 6.05. The number of nitrogens with two attached hydrogens (primary N) is 1. The van der Waals surface area contributed by atoms with Crippen molar-refractivity contribution in [3.8, 4) is 28.6 Å². The number of benzene rings is 2. The summed E-state index contributed by atoms with van der Waals surface area (Å²) in [6.07, 6.45) is 0. The highest BCUT2D eigenvalue weighted by molar-refractivity contribution is 6.30. The molecule has 0 spiro atoms. The van der Waals surface area contributed by atoms with E-state index >= 15 is 0 Å². The lowest BCUT2D eigenvalue weighted by atomic mass is 10.1. The molecule has 9 nitrogen and oxygen atoms in total. The van der Waals surface area contributed by atoms with E-state index in [2.05, 4.69) is 15.0 Å². The Balaban J connectivity index is 2.08. The molecule has 29 heavy (non-hydrogen) atoms. The fraction of sp³-hybridized carbons (Fsp3) is 0.0526. The number of para-hydroxylation sites is 1. The number of phenolic OH excluding ortho intramolecular Hbond substituents is 1. The fourth-order valence-electron chi connectivity index (χ4n) is 3.01. The van der Waals surface area contributed by atoms with Crippen molar-refractivity contribution in [2.75, 3.05) is 7.11 Å². The predicted molar refractivity (Wildman–Crippen MR) is 107 cm³/mol. The number of imidazole rings is 1. The van der Waals surface area contributed by atoms with Gasteiger partial charge in [0.1, 0.15) is 5.52 Å². The Kier molecular flexibility index (Phi) is 4.44. The quantitative estimate of drug-likeness (QED) is 0.471. The van der Waals surface area contributed by atoms with Crippen LogP contribution >= 0.6 is 11.6 Å². The number of fused-ring (bicyclic) bond motifs is 1. The van der Waals surface area contributed by atoms with Crippen molar-refractivity contribution in [1.29, 1.82) is 0 Å². The van der Waals surface area contributed by atoms with E-state index in [0.29, 0.717) is 10.7 Å². The maximum atomic E-state index is 12.6. The summed E-state index contributed by atoms with van der Waals surface area (Å²) < 4.78 is 6.36. The number of ether oxygens (including phenoxy) is 1. The van der Waals surface area contributed by atoms with E-state index < -0.39 is 11.6 Å². The first-order valence-corrected chi connectivity index (χ1v) is 8.73. The average Bonchev–Trinajstić information content (AvgIpc) is 3.02. The molecule has 2 aromatic heterocycles. The van der Waals surface area contributed by atoms with Gasteiger partial charge in [-0.05, 0) is 30.3 Å². The smallest absolute Gasteiger partial charge is 0.332 e. The van der Waals surface area contributed by atoms with Gasteiger partial charge in [0, 0.05) is 5.02 Å². The molecule has 0 atom stereocenters. The van der Waals surface area contributed by atoms with Crippen molar-refractivity contribution < 1.29 is 14.6 Å². The van der Waals surface area contributed by atoms with Crippen LogP contribution in [-0.4, -0.2) is 37.6 Å². The number of hydrogen-bond acceptors (Lipinski definition) is 6. The number of H-pyrrole nitrogens is 1. The third-order valence-electron chi connectivity index (χ3n) is 4.30. The van der Waals surface area contributed by atoms with Crippen LogP contribution in [0.4, 0.5) is 0 Å². The largest absolute Gasteiger partial charge is 0.504 e. The maximum Gasteiger partial charge on any atom is 0.332 e. The molecule has 146 valence electrons. The molecule has 0 aliphatic rings. The molecular formula is C19H14ClN5O4. The Hall–Kier alpha value is -3.85. The summed E-state index contributed by atoms with van der Waals surface area (Å²) in [5, 5.41) is 10.9. The van der Waals surface area contributed by atoms with Gasteiger partial charge in [-0.15, -0.1) is 0 Å². The van der Waals surface area contributed by atoms with Gasteiger partial charge < -0.3 is 20.6 Å². The Labute approximate surface area is 168 Å². The van der Waals surface area contributed by atoms with Gasteiger partial charge in [-0.25, -0.2) is 19.3 Å². The Bertz CT molecular complexity index is 1330. The van der Waals surface area contributed by atoms with Gasteiger partial charge in [-0.3, -0.25) is 4.79 Å². The molecule has 0 aliphatic carbocycles. The Morgan fingerprint density at radius 2 is 2.00 bits per heavy atom. The number of amides is 1. The van der Waals surface area contributed by atoms with Gasteiger partial charge in [-0.1, -0.05) is 23.7 Å². The van der Waals surface area contributed by atoms with Crippen LogP contribution < -0.4 is 16.2 Å². The third kappa shape index (κ3) is 3.07. The number of aromatic hydroxyl groups is 1. The molecule has 0 fully saturated rings. The third-order valence-corrected chi connectivity index (χ3v) is 4.53. The number of hydrogen-bond donors (Lipinski definition) is 3. The lowest BCUT2D eigenvalue weighted by Crippen LogP contribution is -2.15. The molecule has 0 aliphatic heterocycles. The van der Waals surface area contributed by atoms with Crippen LogP contribution in [0.15, 0.2) is 47.3 Å². The van der Waals surface area contributed by atoms with Crippen molar-refractivity contribution in [2.45, 2.75) is 0 Å². The van der Waals surface area contributed by atoms with Crippen LogP contribution in [0.25, 0.3) is 28.2 Å². The van der Waals surface area contributed by atoms with Gasteiger partial charge in [0.25, 0.3) is 5.91 Å². The van der Waals surface area contributed by atoms with Crippen molar-refractivity contribution in [3.05, 3.63) is 63.7 Å². The van der Waals surface area contributed by atoms with E-state index in [0.717, 1.165) is 0 Å². The van der Waals surface area contributed by atoms with Gasteiger partial charge in [0.2, 0.25) is 0 Å². The zero-order chi connectivity index (χ0) is 20.7. The van der Waals surface area contributed by atoms with Crippen LogP contribution in [-0.2, 0) is 0 Å². The number of nitrogens with one attached hydrogen (secondary N) is 1. The highest BCUT2D eigenvalue weighted by Crippen LogP contribution is 2.36. The second kappa shape index (κ2) is 6.95. The minimum absolute atomic E-state index is 0.00234. The Morgan fingerprint density at radius 3 is 2.69 bits per heavy atom. The van der Waals surface area contributed by atoms with Gasteiger partial charge in [0.05, 0.1) is 18.4 Å². The first-order chi connectivity index (χ1) is 13.9. The van der Waals surface area contributed by atoms with E-state index in [1.54, 1.807) is 42.5 Å². The minimum Gasteiger partial charge on any atom is -0.504 e. The van der Waals surface area contributed by atoms with E-state index in [-0.39, 0.29) is 39.7 Å². The van der Waals surface area contributed by atoms with Gasteiger partial charge >= 0.3 is 5.69 Å². The van der Waals surface area contributed by atoms with Crippen LogP contribution in [0.5, 0.6) is 11.5 Å². The topological polar surface area (TPSA) is 136 Å². The van der Waals surface area contributed by atoms with E-state index in [1.807, 2.05) is 0 Å². The predicted octanol–water partition coefficient (Wildman–Crippen LogP) is 2.24. The molecule has 0 unspecified atom stereocenters. The zero-order valence-corrected chi connectivity index (χ0v) is 15.8. The number of aromatic nitrogens is 4. The first kappa shape index (κ1) is 18.5. The van der Waals surface area contributed by atoms with E-state index in [4.69, 9.17) is 22.1 Å². The van der Waals surface area contributed by atoms with Crippen molar-refractivity contribution in [2.24, 2.45) is 5.73 Å². The van der Waals surface area contributed by atoms with E-state index in [1.165, 1.54) is 11.7 Å². The molecule has 2 aromatic carbocycles. The summed E-state index contributed by atoms with van der Waals surface area (Å²) in [6, 6.07) is 11.3. The maximum absolute atomic E-state index is 12.6. The first-order valence-electron chi connectivity index (χ1n) is 8.35. The Morgan fingerprint density at radius 1 is 1.24 bits per heavy atom. The van der Waals surface area contributed by atoms with Crippen molar-refractivity contribution in [3.63, 3.8) is 0 Å². The van der Waals surface area contributed by atoms with Crippen LogP contribution in [0.2, 0.25) is 5.02 Å². The number of carbonyl (C=O) groups excluding carboxylic acids is 1. The second-order valence-electron chi connectivity index (χ2n) is 6.06. The second-order valence-corrected chi connectivity index (χ2v) is 6.50. The number of primary amides is 1. The van der Waals surface area contributed by atoms with Crippen LogP contribution in [0.3, 0.4) is 0 Å². The normalized spacial score (nSPS) is 11.0. The SMILES string of the molecule is COc1cccc(-c2nc(C(N)=O)c3[nH]c(=O)n(-c4cccc(Cl)c4)c3n2)c1O. The molecule has 2 heterocycles. The minimum atomic E-state index is -0.861. The number of methoxy groups -OCH3 is 1. The molecular weight excluding hydrogens is 398 g/mol.